The van der Waals surface area contributed by atoms with Crippen molar-refractivity contribution in [1.29, 1.82) is 0 Å². The van der Waals surface area contributed by atoms with Gasteiger partial charge in [-0.3, -0.25) is 4.79 Å². The molecule has 1 N–H and O–H groups in total. The highest BCUT2D eigenvalue weighted by atomic mass is 19.4. The zero-order valence-corrected chi connectivity index (χ0v) is 12.3. The number of hydrogen-bond donors (Lipinski definition) is 1. The number of nitrogens with zero attached hydrogens (tertiary/aromatic N) is 4. The summed E-state index contributed by atoms with van der Waals surface area (Å²) < 4.78 is 45.5. The molecule has 1 aromatic heterocycles. The largest absolute Gasteiger partial charge is 0.416 e. The molecule has 0 spiro atoms. The number of aryl methyl sites for hydroxylation is 1. The predicted molar refractivity (Wildman–Crippen MR) is 71.8 cm³/mol. The molecule has 2 aromatic rings. The fraction of sp³-hybridized carbons (Fsp3) is 0.385. The van der Waals surface area contributed by atoms with Crippen LogP contribution in [0.3, 0.4) is 0 Å². The molecule has 1 unspecified atom stereocenters. The van der Waals surface area contributed by atoms with Crippen LogP contribution in [0, 0.1) is 0 Å². The Bertz CT molecular complexity index is 686. The Labute approximate surface area is 129 Å². The van der Waals surface area contributed by atoms with Crippen molar-refractivity contribution in [3.05, 3.63) is 41.2 Å². The molecule has 2 rings (SSSR count). The second-order valence-electron chi connectivity index (χ2n) is 4.64. The van der Waals surface area contributed by atoms with Gasteiger partial charge in [-0.15, -0.1) is 5.10 Å². The van der Waals surface area contributed by atoms with Crippen molar-refractivity contribution in [2.75, 3.05) is 7.11 Å². The van der Waals surface area contributed by atoms with Crippen molar-refractivity contribution in [2.45, 2.75) is 18.8 Å². The number of ether oxygens (including phenoxy) is 1. The fourth-order valence-corrected chi connectivity index (χ4v) is 2.02. The molecule has 7 nitrogen and oxygen atoms in total. The number of benzene rings is 1. The zero-order chi connectivity index (χ0) is 17.0. The molecule has 0 saturated heterocycles. The van der Waals surface area contributed by atoms with Crippen LogP contribution in [0.5, 0.6) is 0 Å². The zero-order valence-electron chi connectivity index (χ0n) is 12.3. The third kappa shape index (κ3) is 3.83. The van der Waals surface area contributed by atoms with Crippen molar-refractivity contribution in [2.24, 2.45) is 7.05 Å². The monoisotopic (exact) mass is 329 g/mol. The highest BCUT2D eigenvalue weighted by molar-refractivity contribution is 5.82. The lowest BCUT2D eigenvalue weighted by Crippen LogP contribution is -2.32. The number of carbonyl (C=O) groups excluding carboxylic acids is 1. The van der Waals surface area contributed by atoms with Gasteiger partial charge in [-0.1, -0.05) is 18.2 Å². The molecular formula is C13H14F3N5O2. The number of alkyl halides is 3. The van der Waals surface area contributed by atoms with Gasteiger partial charge in [0.2, 0.25) is 0 Å². The van der Waals surface area contributed by atoms with Crippen LogP contribution in [0.2, 0.25) is 0 Å². The minimum Gasteiger partial charge on any atom is -0.367 e. The first-order chi connectivity index (χ1) is 10.8. The second kappa shape index (κ2) is 6.73. The van der Waals surface area contributed by atoms with E-state index in [1.165, 1.54) is 30.0 Å². The van der Waals surface area contributed by atoms with Crippen LogP contribution < -0.4 is 5.32 Å². The Morgan fingerprint density at radius 3 is 2.65 bits per heavy atom. The number of halogens is 3. The Morgan fingerprint density at radius 1 is 1.39 bits per heavy atom. The minimum atomic E-state index is -4.58. The maximum absolute atomic E-state index is 13.1. The van der Waals surface area contributed by atoms with E-state index in [-0.39, 0.29) is 12.1 Å². The van der Waals surface area contributed by atoms with E-state index in [2.05, 4.69) is 20.8 Å². The van der Waals surface area contributed by atoms with Gasteiger partial charge in [-0.25, -0.2) is 4.68 Å². The van der Waals surface area contributed by atoms with Crippen molar-refractivity contribution in [3.63, 3.8) is 0 Å². The molecule has 23 heavy (non-hydrogen) atoms. The first-order valence-electron chi connectivity index (χ1n) is 6.52. The van der Waals surface area contributed by atoms with Gasteiger partial charge in [-0.05, 0) is 16.5 Å². The lowest BCUT2D eigenvalue weighted by Gasteiger charge is -2.19. The van der Waals surface area contributed by atoms with Crippen LogP contribution in [0.15, 0.2) is 24.3 Å². The fourth-order valence-electron chi connectivity index (χ4n) is 2.02. The Morgan fingerprint density at radius 2 is 2.09 bits per heavy atom. The number of amides is 1. The topological polar surface area (TPSA) is 81.9 Å². The van der Waals surface area contributed by atoms with Crippen molar-refractivity contribution in [3.8, 4) is 0 Å². The number of hydrogen-bond acceptors (Lipinski definition) is 5. The van der Waals surface area contributed by atoms with E-state index < -0.39 is 23.8 Å². The molecule has 0 saturated carbocycles. The van der Waals surface area contributed by atoms with Gasteiger partial charge in [0.05, 0.1) is 12.1 Å². The van der Waals surface area contributed by atoms with Gasteiger partial charge in [0, 0.05) is 19.7 Å². The summed E-state index contributed by atoms with van der Waals surface area (Å²) in [7, 11) is 2.75. The molecule has 1 amide bonds. The number of nitrogens with one attached hydrogen (secondary N) is 1. The van der Waals surface area contributed by atoms with Crippen LogP contribution in [0.25, 0.3) is 0 Å². The van der Waals surface area contributed by atoms with Crippen LogP contribution in [0.4, 0.5) is 13.2 Å². The molecule has 10 heteroatoms. The summed E-state index contributed by atoms with van der Waals surface area (Å²) in [6.45, 7) is -0.0314. The van der Waals surface area contributed by atoms with Crippen LogP contribution in [-0.2, 0) is 29.3 Å². The highest BCUT2D eigenvalue weighted by Crippen LogP contribution is 2.35. The summed E-state index contributed by atoms with van der Waals surface area (Å²) in [5.41, 5.74) is -1.17. The van der Waals surface area contributed by atoms with Crippen LogP contribution in [-0.4, -0.2) is 33.2 Å². The normalized spacial score (nSPS) is 12.9. The Kier molecular flexibility index (Phi) is 4.94. The van der Waals surface area contributed by atoms with Gasteiger partial charge in [0.1, 0.15) is 0 Å². The van der Waals surface area contributed by atoms with E-state index in [9.17, 15) is 18.0 Å². The quantitative estimate of drug-likeness (QED) is 0.892. The third-order valence-electron chi connectivity index (χ3n) is 3.15. The van der Waals surface area contributed by atoms with Gasteiger partial charge in [0.15, 0.2) is 11.9 Å². The molecule has 0 radical (unpaired) electrons. The minimum absolute atomic E-state index is 0.0314. The van der Waals surface area contributed by atoms with Crippen molar-refractivity contribution >= 4 is 5.91 Å². The van der Waals surface area contributed by atoms with Crippen LogP contribution in [0.1, 0.15) is 23.1 Å². The molecule has 124 valence electrons. The SMILES string of the molecule is COC(C(=O)NCc1nnnn1C)c1ccccc1C(F)(F)F. The van der Waals surface area contributed by atoms with Gasteiger partial charge >= 0.3 is 6.18 Å². The average Bonchev–Trinajstić information content (AvgIpc) is 2.91. The standard InChI is InChI=1S/C13H14F3N5O2/c1-21-10(18-19-20-21)7-17-12(22)11(23-2)8-5-3-4-6-9(8)13(14,15)16/h3-6,11H,7H2,1-2H3,(H,17,22). The summed E-state index contributed by atoms with van der Waals surface area (Å²) in [5.74, 6) is -0.357. The molecule has 0 bridgehead atoms. The number of aromatic nitrogens is 4. The first-order valence-corrected chi connectivity index (χ1v) is 6.52. The predicted octanol–water partition coefficient (Wildman–Crippen LogP) is 1.23. The molecule has 0 fully saturated rings. The van der Waals surface area contributed by atoms with E-state index in [0.29, 0.717) is 5.82 Å². The van der Waals surface area contributed by atoms with E-state index >= 15 is 0 Å². The number of rotatable bonds is 5. The smallest absolute Gasteiger partial charge is 0.367 e. The number of carbonyl (C=O) groups is 1. The second-order valence-corrected chi connectivity index (χ2v) is 4.64. The Balaban J connectivity index is 2.19. The van der Waals surface area contributed by atoms with Crippen LogP contribution >= 0.6 is 0 Å². The van der Waals surface area contributed by atoms with E-state index in [1.54, 1.807) is 7.05 Å². The van der Waals surface area contributed by atoms with E-state index in [0.717, 1.165) is 6.07 Å². The van der Waals surface area contributed by atoms with E-state index in [1.807, 2.05) is 0 Å². The molecule has 0 aliphatic carbocycles. The summed E-state index contributed by atoms with van der Waals surface area (Å²) in [4.78, 5) is 12.2. The molecule has 0 aliphatic rings. The lowest BCUT2D eigenvalue weighted by molar-refractivity contribution is -0.141. The van der Waals surface area contributed by atoms with Crippen molar-refractivity contribution < 1.29 is 22.7 Å². The third-order valence-corrected chi connectivity index (χ3v) is 3.15. The van der Waals surface area contributed by atoms with Gasteiger partial charge in [0.25, 0.3) is 5.91 Å². The highest BCUT2D eigenvalue weighted by Gasteiger charge is 2.36. The number of methoxy groups -OCH3 is 1. The lowest BCUT2D eigenvalue weighted by atomic mass is 10.0. The van der Waals surface area contributed by atoms with Gasteiger partial charge < -0.3 is 10.1 Å². The molecule has 1 aromatic carbocycles. The molecular weight excluding hydrogens is 315 g/mol. The van der Waals surface area contributed by atoms with E-state index in [4.69, 9.17) is 4.74 Å². The summed E-state index contributed by atoms with van der Waals surface area (Å²) >= 11 is 0. The molecule has 1 atom stereocenters. The average molecular weight is 329 g/mol. The Hall–Kier alpha value is -2.49. The van der Waals surface area contributed by atoms with Gasteiger partial charge in [-0.2, -0.15) is 13.2 Å². The summed E-state index contributed by atoms with van der Waals surface area (Å²) in [6.07, 6.45) is -5.98. The maximum Gasteiger partial charge on any atom is 0.416 e. The maximum atomic E-state index is 13.1. The molecule has 0 aliphatic heterocycles. The van der Waals surface area contributed by atoms with Crippen molar-refractivity contribution in [1.82, 2.24) is 25.5 Å². The molecule has 1 heterocycles. The summed E-state index contributed by atoms with van der Waals surface area (Å²) in [6, 6.07) is 4.78. The number of tetrazole rings is 1. The first kappa shape index (κ1) is 16.9. The summed E-state index contributed by atoms with van der Waals surface area (Å²) in [5, 5.41) is 13.1.